The lowest BCUT2D eigenvalue weighted by atomic mass is 9.97. The Morgan fingerprint density at radius 3 is 2.48 bits per heavy atom. The minimum Gasteiger partial charge on any atom is -0.481 e. The van der Waals surface area contributed by atoms with Crippen molar-refractivity contribution in [2.75, 3.05) is 6.54 Å². The lowest BCUT2D eigenvalue weighted by Gasteiger charge is -2.15. The molecule has 1 aromatic carbocycles. The number of carboxylic acid groups (broad SMARTS) is 1. The Kier molecular flexibility index (Phi) is 5.57. The first-order chi connectivity index (χ1) is 11.0. The van der Waals surface area contributed by atoms with E-state index in [1.807, 2.05) is 44.2 Å². The van der Waals surface area contributed by atoms with Gasteiger partial charge in [0.05, 0.1) is 11.5 Å². The Bertz CT molecular complexity index is 662. The normalized spacial score (nSPS) is 12.1. The molecule has 1 amide bonds. The second-order valence-electron chi connectivity index (χ2n) is 6.02. The minimum absolute atomic E-state index is 0.131. The van der Waals surface area contributed by atoms with E-state index in [1.54, 1.807) is 12.4 Å². The molecule has 23 heavy (non-hydrogen) atoms. The number of benzene rings is 1. The van der Waals surface area contributed by atoms with Gasteiger partial charge in [-0.1, -0.05) is 44.2 Å². The van der Waals surface area contributed by atoms with Gasteiger partial charge >= 0.3 is 5.97 Å². The molecule has 1 unspecified atom stereocenters. The molecule has 5 nitrogen and oxygen atoms in total. The fourth-order valence-electron chi connectivity index (χ4n) is 2.56. The number of carbonyl (C=O) groups excluding carboxylic acids is 1. The molecule has 0 saturated carbocycles. The van der Waals surface area contributed by atoms with Crippen molar-refractivity contribution in [3.8, 4) is 11.1 Å². The number of amides is 1. The first-order valence-electron chi connectivity index (χ1n) is 7.72. The van der Waals surface area contributed by atoms with Crippen LogP contribution in [0.2, 0.25) is 0 Å². The molecule has 0 fully saturated rings. The third-order valence-electron chi connectivity index (χ3n) is 3.69. The van der Waals surface area contributed by atoms with E-state index in [4.69, 9.17) is 0 Å². The molecule has 3 N–H and O–H groups in total. The zero-order valence-electron chi connectivity index (χ0n) is 13.4. The zero-order chi connectivity index (χ0) is 16.8. The summed E-state index contributed by atoms with van der Waals surface area (Å²) in [6.45, 7) is 4.07. The Balaban J connectivity index is 2.07. The molecule has 1 atom stereocenters. The van der Waals surface area contributed by atoms with E-state index in [0.717, 1.165) is 11.1 Å². The van der Waals surface area contributed by atoms with E-state index in [-0.39, 0.29) is 18.4 Å². The summed E-state index contributed by atoms with van der Waals surface area (Å²) in [5.74, 6) is -1.45. The summed E-state index contributed by atoms with van der Waals surface area (Å²) in [5.41, 5.74) is 2.26. The topological polar surface area (TPSA) is 82.2 Å². The minimum atomic E-state index is -0.878. The van der Waals surface area contributed by atoms with Gasteiger partial charge in [0.2, 0.25) is 0 Å². The van der Waals surface area contributed by atoms with Gasteiger partial charge in [-0.2, -0.15) is 0 Å². The maximum atomic E-state index is 12.4. The lowest BCUT2D eigenvalue weighted by molar-refractivity contribution is -0.142. The number of rotatable bonds is 7. The van der Waals surface area contributed by atoms with Crippen LogP contribution >= 0.6 is 0 Å². The Morgan fingerprint density at radius 1 is 1.17 bits per heavy atom. The number of hydrogen-bond donors (Lipinski definition) is 3. The van der Waals surface area contributed by atoms with E-state index in [9.17, 15) is 14.7 Å². The van der Waals surface area contributed by atoms with Gasteiger partial charge in [-0.3, -0.25) is 9.59 Å². The fraction of sp³-hybridized carbons (Fsp3) is 0.333. The van der Waals surface area contributed by atoms with Gasteiger partial charge in [0, 0.05) is 24.5 Å². The van der Waals surface area contributed by atoms with Crippen LogP contribution in [0.3, 0.4) is 0 Å². The summed E-state index contributed by atoms with van der Waals surface area (Å²) in [4.78, 5) is 26.6. The Labute approximate surface area is 135 Å². The van der Waals surface area contributed by atoms with Gasteiger partial charge in [-0.25, -0.2) is 0 Å². The molecular formula is C18H22N2O3. The van der Waals surface area contributed by atoms with E-state index in [1.165, 1.54) is 0 Å². The summed E-state index contributed by atoms with van der Waals surface area (Å²) in [7, 11) is 0. The van der Waals surface area contributed by atoms with Gasteiger partial charge < -0.3 is 15.4 Å². The van der Waals surface area contributed by atoms with Crippen LogP contribution in [0.5, 0.6) is 0 Å². The third kappa shape index (κ3) is 4.45. The van der Waals surface area contributed by atoms with E-state index >= 15 is 0 Å². The highest BCUT2D eigenvalue weighted by Crippen LogP contribution is 2.23. The van der Waals surface area contributed by atoms with E-state index in [0.29, 0.717) is 12.0 Å². The molecule has 0 bridgehead atoms. The number of nitrogens with one attached hydrogen (secondary N) is 2. The summed E-state index contributed by atoms with van der Waals surface area (Å²) in [6, 6.07) is 9.59. The molecule has 0 aliphatic heterocycles. The molecule has 122 valence electrons. The van der Waals surface area contributed by atoms with Crippen molar-refractivity contribution in [3.05, 3.63) is 48.3 Å². The van der Waals surface area contributed by atoms with E-state index < -0.39 is 11.9 Å². The number of aliphatic carboxylic acids is 1. The third-order valence-corrected chi connectivity index (χ3v) is 3.69. The van der Waals surface area contributed by atoms with Crippen molar-refractivity contribution in [1.29, 1.82) is 0 Å². The maximum Gasteiger partial charge on any atom is 0.308 e. The van der Waals surface area contributed by atoms with Crippen molar-refractivity contribution < 1.29 is 14.7 Å². The molecule has 1 heterocycles. The van der Waals surface area contributed by atoms with Crippen LogP contribution in [0, 0.1) is 11.8 Å². The Hall–Kier alpha value is -2.56. The molecule has 0 radical (unpaired) electrons. The van der Waals surface area contributed by atoms with Crippen molar-refractivity contribution >= 4 is 11.9 Å². The van der Waals surface area contributed by atoms with Crippen LogP contribution in [0.1, 0.15) is 30.6 Å². The first-order valence-corrected chi connectivity index (χ1v) is 7.72. The van der Waals surface area contributed by atoms with Gasteiger partial charge in [0.15, 0.2) is 0 Å². The highest BCUT2D eigenvalue weighted by atomic mass is 16.4. The van der Waals surface area contributed by atoms with Gasteiger partial charge in [-0.15, -0.1) is 0 Å². The molecule has 0 aliphatic rings. The molecule has 0 aliphatic carbocycles. The molecular weight excluding hydrogens is 292 g/mol. The smallest absolute Gasteiger partial charge is 0.308 e. The largest absolute Gasteiger partial charge is 0.481 e. The first kappa shape index (κ1) is 16.8. The number of carboxylic acids is 1. The quantitative estimate of drug-likeness (QED) is 0.734. The standard InChI is InChI=1S/C18H22N2O3/c1-12(2)8-14(18(22)23)9-20-17(21)16-11-19-10-15(16)13-6-4-3-5-7-13/h3-7,10-12,14,19H,8-9H2,1-2H3,(H,20,21)(H,22,23). The lowest BCUT2D eigenvalue weighted by Crippen LogP contribution is -2.33. The maximum absolute atomic E-state index is 12.4. The van der Waals surface area contributed by atoms with Crippen molar-refractivity contribution in [1.82, 2.24) is 10.3 Å². The molecule has 1 aromatic heterocycles. The van der Waals surface area contributed by atoms with Gasteiger partial charge in [-0.05, 0) is 17.9 Å². The zero-order valence-corrected chi connectivity index (χ0v) is 13.4. The average Bonchev–Trinajstić information content (AvgIpc) is 3.01. The fourth-order valence-corrected chi connectivity index (χ4v) is 2.56. The van der Waals surface area contributed by atoms with Crippen LogP contribution < -0.4 is 5.32 Å². The van der Waals surface area contributed by atoms with Crippen molar-refractivity contribution in [3.63, 3.8) is 0 Å². The van der Waals surface area contributed by atoms with Crippen molar-refractivity contribution in [2.45, 2.75) is 20.3 Å². The number of aromatic amines is 1. The predicted molar refractivity (Wildman–Crippen MR) is 89.1 cm³/mol. The van der Waals surface area contributed by atoms with Crippen LogP contribution in [0.15, 0.2) is 42.7 Å². The number of hydrogen-bond acceptors (Lipinski definition) is 2. The molecule has 5 heteroatoms. The highest BCUT2D eigenvalue weighted by Gasteiger charge is 2.21. The second-order valence-corrected chi connectivity index (χ2v) is 6.02. The average molecular weight is 314 g/mol. The second kappa shape index (κ2) is 7.63. The van der Waals surface area contributed by atoms with Gasteiger partial charge in [0.1, 0.15) is 0 Å². The molecule has 0 spiro atoms. The summed E-state index contributed by atoms with van der Waals surface area (Å²) in [6.07, 6.45) is 3.94. The molecule has 2 rings (SSSR count). The molecule has 2 aromatic rings. The highest BCUT2D eigenvalue weighted by molar-refractivity contribution is 6.00. The van der Waals surface area contributed by atoms with E-state index in [2.05, 4.69) is 10.3 Å². The summed E-state index contributed by atoms with van der Waals surface area (Å²) >= 11 is 0. The summed E-state index contributed by atoms with van der Waals surface area (Å²) in [5, 5.41) is 12.0. The SMILES string of the molecule is CC(C)CC(CNC(=O)c1c[nH]cc1-c1ccccc1)C(=O)O. The number of aromatic nitrogens is 1. The van der Waals surface area contributed by atoms with Crippen LogP contribution in [-0.4, -0.2) is 28.5 Å². The number of carbonyl (C=O) groups is 2. The van der Waals surface area contributed by atoms with Crippen molar-refractivity contribution in [2.24, 2.45) is 11.8 Å². The van der Waals surface area contributed by atoms with Crippen LogP contribution in [0.25, 0.3) is 11.1 Å². The van der Waals surface area contributed by atoms with Crippen LogP contribution in [-0.2, 0) is 4.79 Å². The summed E-state index contributed by atoms with van der Waals surface area (Å²) < 4.78 is 0. The number of H-pyrrole nitrogens is 1. The predicted octanol–water partition coefficient (Wildman–Crippen LogP) is 3.16. The monoisotopic (exact) mass is 314 g/mol. The molecule has 0 saturated heterocycles. The van der Waals surface area contributed by atoms with Gasteiger partial charge in [0.25, 0.3) is 5.91 Å². The van der Waals surface area contributed by atoms with Crippen LogP contribution in [0.4, 0.5) is 0 Å². The Morgan fingerprint density at radius 2 is 1.87 bits per heavy atom.